The van der Waals surface area contributed by atoms with Crippen LogP contribution in [-0.2, 0) is 47.9 Å². The van der Waals surface area contributed by atoms with Gasteiger partial charge in [0.2, 0.25) is 47.3 Å². The maximum atomic E-state index is 12.4. The van der Waals surface area contributed by atoms with Crippen LogP contribution in [0.2, 0.25) is 0 Å². The predicted molar refractivity (Wildman–Crippen MR) is 324 cm³/mol. The van der Waals surface area contributed by atoms with Crippen molar-refractivity contribution in [1.82, 2.24) is 26.6 Å². The first-order chi connectivity index (χ1) is 40.5. The van der Waals surface area contributed by atoms with Crippen LogP contribution in [0.25, 0.3) is 0 Å². The van der Waals surface area contributed by atoms with E-state index in [4.69, 9.17) is 54.2 Å². The fourth-order valence-electron chi connectivity index (χ4n) is 6.37. The summed E-state index contributed by atoms with van der Waals surface area (Å²) >= 11 is 5.00. The number of amides is 8. The number of nitrogens with zero attached hydrogens (tertiary/aromatic N) is 3. The molecule has 0 aliphatic heterocycles. The lowest BCUT2D eigenvalue weighted by atomic mass is 10.1. The van der Waals surface area contributed by atoms with E-state index < -0.39 is 120 Å². The zero-order valence-corrected chi connectivity index (χ0v) is 51.1. The number of halogens is 1. The number of hydrogen-bond acceptors (Lipinski definition) is 21. The summed E-state index contributed by atoms with van der Waals surface area (Å²) in [5, 5.41) is 55.6. The minimum absolute atomic E-state index is 0. The summed E-state index contributed by atoms with van der Waals surface area (Å²) < 4.78 is 2.08. The summed E-state index contributed by atoms with van der Waals surface area (Å²) in [5.74, 6) is -12.0. The van der Waals surface area contributed by atoms with Crippen LogP contribution >= 0.6 is 57.9 Å². The summed E-state index contributed by atoms with van der Waals surface area (Å²) in [7, 11) is 3.70. The Morgan fingerprint density at radius 2 is 0.841 bits per heavy atom. The second-order valence-corrected chi connectivity index (χ2v) is 22.0. The highest BCUT2D eigenvalue weighted by Gasteiger charge is 2.29. The number of aliphatic carboxylic acids is 5. The number of hydrogen-bond donors (Lipinski definition) is 15. The Kier molecular flexibility index (Phi) is 35.3. The van der Waals surface area contributed by atoms with Crippen LogP contribution < -0.4 is 55.3 Å². The topological polar surface area (TPSA) is 574 Å². The van der Waals surface area contributed by atoms with Gasteiger partial charge in [-0.05, 0) is 65.8 Å². The highest BCUT2D eigenvalue weighted by atomic mass is 127. The van der Waals surface area contributed by atoms with Crippen molar-refractivity contribution in [1.29, 1.82) is 0 Å². The van der Waals surface area contributed by atoms with Crippen molar-refractivity contribution in [3.05, 3.63) is 83.5 Å². The number of thioether (sulfide) groups is 3. The van der Waals surface area contributed by atoms with E-state index in [0.29, 0.717) is 32.5 Å². The molecule has 3 aromatic rings. The third-order valence-corrected chi connectivity index (χ3v) is 15.8. The van der Waals surface area contributed by atoms with Crippen molar-refractivity contribution in [2.24, 2.45) is 28.7 Å². The summed E-state index contributed by atoms with van der Waals surface area (Å²) in [6, 6.07) is 5.19. The number of carboxylic acid groups (broad SMARTS) is 5. The van der Waals surface area contributed by atoms with Crippen molar-refractivity contribution in [2.45, 2.75) is 84.9 Å². The van der Waals surface area contributed by atoms with Crippen molar-refractivity contribution >= 4 is 152 Å². The molecule has 0 saturated carbocycles. The molecule has 8 amide bonds. The molecule has 20 N–H and O–H groups in total. The fourth-order valence-corrected chi connectivity index (χ4v) is 10.7. The van der Waals surface area contributed by atoms with E-state index in [1.54, 1.807) is 0 Å². The van der Waals surface area contributed by atoms with Crippen molar-refractivity contribution in [3.8, 4) is 0 Å². The Balaban J connectivity index is 0.00000131. The molecule has 88 heavy (non-hydrogen) atoms. The Hall–Kier alpha value is -8.73. The van der Waals surface area contributed by atoms with Crippen LogP contribution in [0.5, 0.6) is 0 Å². The molecule has 5 atom stereocenters. The molecule has 0 aliphatic carbocycles. The van der Waals surface area contributed by atoms with Gasteiger partial charge in [-0.25, -0.2) is 4.79 Å². The van der Waals surface area contributed by atoms with Gasteiger partial charge in [0.25, 0.3) is 17.1 Å². The van der Waals surface area contributed by atoms with E-state index in [0.717, 1.165) is 35.3 Å². The smallest absolute Gasteiger partial charge is 0.327 e. The van der Waals surface area contributed by atoms with E-state index in [-0.39, 0.29) is 84.1 Å². The monoisotopic (exact) mass is 1410 g/mol. The molecule has 0 aliphatic rings. The molecule has 0 saturated heterocycles. The quantitative estimate of drug-likeness (QED) is 0.0204. The molecule has 38 heteroatoms. The number of benzene rings is 3. The third-order valence-electron chi connectivity index (χ3n) is 10.8. The number of primary amides is 3. The molecular formula is C50H67IN13O21S3+3. The fraction of sp³-hybridized carbons (Fsp3) is 0.380. The molecule has 480 valence electrons. The SMILES string of the molecule is C.CC(=O)NC(CSc1ccc(C(N)=O)cc1[N+](C)=O)C(=O)O.C[N+](=O)c1cc(C(N)=O)cc(SCC(NC(=O)CCC(N)C(=O)O)C(=O)NCC(=O)O)c1I.C[N+](=O)c1cc(C(N)=O)ccc1SCC(NC(=O)CCC(N)C(=O)O)C(=O)NCC(=O)O. The van der Waals surface area contributed by atoms with Crippen molar-refractivity contribution in [3.63, 3.8) is 0 Å². The van der Waals surface area contributed by atoms with E-state index >= 15 is 0 Å². The first-order valence-corrected chi connectivity index (χ1v) is 28.7. The molecule has 34 nitrogen and oxygen atoms in total. The van der Waals surface area contributed by atoms with Crippen LogP contribution in [0, 0.1) is 18.3 Å². The normalized spacial score (nSPS) is 12.0. The Labute approximate surface area is 526 Å². The first kappa shape index (κ1) is 79.3. The molecule has 0 spiro atoms. The Bertz CT molecular complexity index is 3170. The van der Waals surface area contributed by atoms with E-state index in [1.165, 1.54) is 76.6 Å². The minimum atomic E-state index is -1.29. The lowest BCUT2D eigenvalue weighted by Gasteiger charge is -2.18. The Morgan fingerprint density at radius 3 is 1.15 bits per heavy atom. The molecule has 0 fully saturated rings. The third kappa shape index (κ3) is 29.1. The number of nitroso groups, excluding NO2 is 3. The number of nitrogens with one attached hydrogen (secondary N) is 5. The van der Waals surface area contributed by atoms with E-state index in [9.17, 15) is 77.1 Å². The second kappa shape index (κ2) is 39.1. The highest BCUT2D eigenvalue weighted by molar-refractivity contribution is 14.1. The van der Waals surface area contributed by atoms with Crippen LogP contribution in [0.1, 0.15) is 71.1 Å². The van der Waals surface area contributed by atoms with Gasteiger partial charge in [-0.15, -0.1) is 35.3 Å². The van der Waals surface area contributed by atoms with Gasteiger partial charge in [0.1, 0.15) is 46.9 Å². The summed E-state index contributed by atoms with van der Waals surface area (Å²) in [6.07, 6.45) is -0.892. The molecule has 0 heterocycles. The number of rotatable bonds is 33. The highest BCUT2D eigenvalue weighted by Crippen LogP contribution is 2.34. The summed E-state index contributed by atoms with van der Waals surface area (Å²) in [6.45, 7) is -0.139. The number of carbonyl (C=O) groups excluding carboxylic acids is 8. The lowest BCUT2D eigenvalue weighted by molar-refractivity contribution is -0.431. The van der Waals surface area contributed by atoms with Crippen LogP contribution in [0.4, 0.5) is 17.1 Å². The van der Waals surface area contributed by atoms with Gasteiger partial charge in [0, 0.05) is 106 Å². The Morgan fingerprint density at radius 1 is 0.500 bits per heavy atom. The molecule has 0 radical (unpaired) electrons. The largest absolute Gasteiger partial charge is 0.480 e. The van der Waals surface area contributed by atoms with Gasteiger partial charge in [-0.2, -0.15) is 0 Å². The summed E-state index contributed by atoms with van der Waals surface area (Å²) in [5.41, 5.74) is 27.2. The average molecular weight is 1410 g/mol. The molecule has 3 aromatic carbocycles. The lowest BCUT2D eigenvalue weighted by Crippen LogP contribution is -2.49. The van der Waals surface area contributed by atoms with Gasteiger partial charge in [0.15, 0.2) is 21.1 Å². The standard InChI is InChI=1S/C18H22IN5O8S.C18H23N5O8S.C13H15N3O5S.CH4/c1-24(32)11-4-8(16(21)28)5-12(15(11)19)33-7-10(17(29)22-6-14(26)27)23-13(25)3-2-9(20)18(30)31;1-23(31)12-6-9(16(20)27)2-4-13(12)32-8-11(17(28)21-7-15(25)26)22-14(24)5-3-10(19)18(29)30;1-7(17)15-9(13(19)20)6-22-11-4-3-8(12(14)18)5-10(11)16(2)21;/h4-5,9-10H,2-3,6-7,20H2,1H3,(H5-,21,22,23,25,26,27,28,29,30,31);2,4,6,10-11H,3,5,7-8,19H2,1H3,(H5-,20,21,22,24,25,26,27,28,29,30);3-5,9H,6H2,1-2H3,(H3-,14,15,17,18,19,20);1H4/p+3. The van der Waals surface area contributed by atoms with Gasteiger partial charge in [-0.1, -0.05) is 7.43 Å². The van der Waals surface area contributed by atoms with Gasteiger partial charge < -0.3 is 80.8 Å². The first-order valence-electron chi connectivity index (χ1n) is 24.6. The van der Waals surface area contributed by atoms with Crippen molar-refractivity contribution < 1.29 is 102 Å². The molecule has 0 bridgehead atoms. The maximum Gasteiger partial charge on any atom is 0.327 e. The minimum Gasteiger partial charge on any atom is -0.480 e. The molecule has 5 unspecified atom stereocenters. The molecular weight excluding hydrogens is 1340 g/mol. The van der Waals surface area contributed by atoms with Gasteiger partial charge in [0.05, 0.1) is 9.79 Å². The number of carboxylic acids is 5. The second-order valence-electron chi connectivity index (χ2n) is 17.7. The predicted octanol–water partition coefficient (Wildman–Crippen LogP) is -0.661. The van der Waals surface area contributed by atoms with E-state index in [2.05, 4.69) is 26.6 Å². The van der Waals surface area contributed by atoms with E-state index in [1.807, 2.05) is 22.6 Å². The van der Waals surface area contributed by atoms with Crippen LogP contribution in [0.3, 0.4) is 0 Å². The molecule has 0 aromatic heterocycles. The zero-order chi connectivity index (χ0) is 66.6. The van der Waals surface area contributed by atoms with Gasteiger partial charge >= 0.3 is 29.8 Å². The zero-order valence-electron chi connectivity index (χ0n) is 46.5. The van der Waals surface area contributed by atoms with Crippen LogP contribution in [-0.4, -0.2) is 199 Å². The van der Waals surface area contributed by atoms with Gasteiger partial charge in [-0.3, -0.25) is 57.5 Å². The van der Waals surface area contributed by atoms with Crippen molar-refractivity contribution in [2.75, 3.05) is 51.5 Å². The average Bonchev–Trinajstić information content (AvgIpc) is 1.83. The number of carbonyl (C=O) groups is 13. The summed E-state index contributed by atoms with van der Waals surface area (Å²) in [4.78, 5) is 185. The molecule has 3 rings (SSSR count). The number of nitrogens with two attached hydrogens (primary N) is 5. The maximum absolute atomic E-state index is 12.4. The van der Waals surface area contributed by atoms with Crippen LogP contribution in [0.15, 0.2) is 63.2 Å².